The van der Waals surface area contributed by atoms with E-state index in [0.717, 1.165) is 12.1 Å². The molecule has 110 valence electrons. The molecule has 0 atom stereocenters. The molecule has 8 heteroatoms. The van der Waals surface area contributed by atoms with Gasteiger partial charge in [0.2, 0.25) is 5.82 Å². The zero-order valence-electron chi connectivity index (χ0n) is 10.4. The van der Waals surface area contributed by atoms with Gasteiger partial charge in [0, 0.05) is 36.0 Å². The minimum atomic E-state index is -1.31. The Kier molecular flexibility index (Phi) is 4.06. The van der Waals surface area contributed by atoms with E-state index in [1.165, 1.54) is 6.07 Å². The molecule has 0 aliphatic carbocycles. The number of rotatable bonds is 4. The van der Waals surface area contributed by atoms with E-state index in [9.17, 15) is 27.7 Å². The standard InChI is InChI=1S/C13H8F4N2O2/c14-9-5-11(16)10(15)3-7(9)6-18-8-1-2-13(19(20)21)12(17)4-8/h1-5,18H,6H2. The lowest BCUT2D eigenvalue weighted by Crippen LogP contribution is -2.04. The van der Waals surface area contributed by atoms with Crippen molar-refractivity contribution in [2.45, 2.75) is 6.54 Å². The average molecular weight is 300 g/mol. The first-order valence-electron chi connectivity index (χ1n) is 5.69. The predicted octanol–water partition coefficient (Wildman–Crippen LogP) is 3.76. The molecule has 0 spiro atoms. The van der Waals surface area contributed by atoms with E-state index >= 15 is 0 Å². The fraction of sp³-hybridized carbons (Fsp3) is 0.0769. The molecule has 0 aliphatic heterocycles. The number of benzene rings is 2. The van der Waals surface area contributed by atoms with Gasteiger partial charge in [0.25, 0.3) is 0 Å². The average Bonchev–Trinajstić information content (AvgIpc) is 2.41. The van der Waals surface area contributed by atoms with Gasteiger partial charge in [-0.1, -0.05) is 0 Å². The molecule has 21 heavy (non-hydrogen) atoms. The van der Waals surface area contributed by atoms with Crippen LogP contribution in [0.4, 0.5) is 28.9 Å². The van der Waals surface area contributed by atoms with Crippen LogP contribution in [0.3, 0.4) is 0 Å². The van der Waals surface area contributed by atoms with E-state index < -0.39 is 33.9 Å². The summed E-state index contributed by atoms with van der Waals surface area (Å²) < 4.78 is 52.5. The van der Waals surface area contributed by atoms with Crippen molar-refractivity contribution in [2.24, 2.45) is 0 Å². The van der Waals surface area contributed by atoms with Gasteiger partial charge in [0.15, 0.2) is 11.6 Å². The minimum absolute atomic E-state index is 0.141. The first kappa shape index (κ1) is 14.8. The number of nitrogens with one attached hydrogen (secondary N) is 1. The highest BCUT2D eigenvalue weighted by atomic mass is 19.2. The molecule has 2 rings (SSSR count). The number of hydrogen-bond acceptors (Lipinski definition) is 3. The summed E-state index contributed by atoms with van der Waals surface area (Å²) in [6.45, 7) is -0.236. The molecule has 0 fully saturated rings. The highest BCUT2D eigenvalue weighted by Crippen LogP contribution is 2.22. The topological polar surface area (TPSA) is 55.2 Å². The van der Waals surface area contributed by atoms with Crippen LogP contribution in [0.2, 0.25) is 0 Å². The van der Waals surface area contributed by atoms with E-state index in [1.54, 1.807) is 0 Å². The summed E-state index contributed by atoms with van der Waals surface area (Å²) in [6.07, 6.45) is 0. The molecule has 0 bridgehead atoms. The molecule has 0 amide bonds. The third-order valence-corrected chi connectivity index (χ3v) is 2.72. The van der Waals surface area contributed by atoms with Crippen LogP contribution in [0.5, 0.6) is 0 Å². The van der Waals surface area contributed by atoms with Crippen LogP contribution < -0.4 is 5.32 Å². The van der Waals surface area contributed by atoms with Gasteiger partial charge in [-0.25, -0.2) is 13.2 Å². The Morgan fingerprint density at radius 3 is 2.24 bits per heavy atom. The molecule has 1 N–H and O–H groups in total. The van der Waals surface area contributed by atoms with Crippen LogP contribution in [-0.2, 0) is 6.54 Å². The van der Waals surface area contributed by atoms with E-state index in [0.29, 0.717) is 12.1 Å². The summed E-state index contributed by atoms with van der Waals surface area (Å²) in [7, 11) is 0. The van der Waals surface area contributed by atoms with Gasteiger partial charge >= 0.3 is 5.69 Å². The number of nitro groups is 1. The summed E-state index contributed by atoms with van der Waals surface area (Å²) in [4.78, 5) is 9.56. The molecule has 0 aromatic heterocycles. The van der Waals surface area contributed by atoms with Crippen LogP contribution >= 0.6 is 0 Å². The zero-order chi connectivity index (χ0) is 15.6. The monoisotopic (exact) mass is 300 g/mol. The van der Waals surface area contributed by atoms with Crippen LogP contribution in [0, 0.1) is 33.4 Å². The molecule has 0 saturated carbocycles. The minimum Gasteiger partial charge on any atom is -0.381 e. The fourth-order valence-corrected chi connectivity index (χ4v) is 1.66. The summed E-state index contributed by atoms with van der Waals surface area (Å²) in [5.41, 5.74) is -0.713. The molecular weight excluding hydrogens is 292 g/mol. The molecular formula is C13H8F4N2O2. The van der Waals surface area contributed by atoms with Crippen LogP contribution in [0.15, 0.2) is 30.3 Å². The smallest absolute Gasteiger partial charge is 0.304 e. The number of anilines is 1. The first-order chi connectivity index (χ1) is 9.88. The lowest BCUT2D eigenvalue weighted by atomic mass is 10.2. The predicted molar refractivity (Wildman–Crippen MR) is 66.7 cm³/mol. The third-order valence-electron chi connectivity index (χ3n) is 2.72. The second-order valence-electron chi connectivity index (χ2n) is 4.13. The van der Waals surface area contributed by atoms with E-state index in [1.807, 2.05) is 0 Å². The molecule has 0 unspecified atom stereocenters. The number of nitrogens with zero attached hydrogens (tertiary/aromatic N) is 1. The van der Waals surface area contributed by atoms with Crippen molar-refractivity contribution < 1.29 is 22.5 Å². The van der Waals surface area contributed by atoms with E-state index in [4.69, 9.17) is 0 Å². The highest BCUT2D eigenvalue weighted by Gasteiger charge is 2.14. The number of halogens is 4. The van der Waals surface area contributed by atoms with Crippen LogP contribution in [0.1, 0.15) is 5.56 Å². The summed E-state index contributed by atoms with van der Waals surface area (Å²) in [5.74, 6) is -4.53. The summed E-state index contributed by atoms with van der Waals surface area (Å²) in [5, 5.41) is 13.0. The van der Waals surface area contributed by atoms with Crippen molar-refractivity contribution in [3.63, 3.8) is 0 Å². The van der Waals surface area contributed by atoms with Gasteiger partial charge < -0.3 is 5.32 Å². The Morgan fingerprint density at radius 1 is 0.952 bits per heavy atom. The van der Waals surface area contributed by atoms with Crippen molar-refractivity contribution in [1.82, 2.24) is 0 Å². The molecule has 2 aromatic carbocycles. The van der Waals surface area contributed by atoms with Gasteiger partial charge in [0.1, 0.15) is 5.82 Å². The SMILES string of the molecule is O=[N+]([O-])c1ccc(NCc2cc(F)c(F)cc2F)cc1F. The Hall–Kier alpha value is -2.64. The normalized spacial score (nSPS) is 10.5. The van der Waals surface area contributed by atoms with E-state index in [2.05, 4.69) is 5.32 Å². The maximum atomic E-state index is 13.4. The second-order valence-corrected chi connectivity index (χ2v) is 4.13. The third kappa shape index (κ3) is 3.28. The summed E-state index contributed by atoms with van der Waals surface area (Å²) in [6, 6.07) is 4.11. The molecule has 0 radical (unpaired) electrons. The van der Waals surface area contributed by atoms with Crippen molar-refractivity contribution >= 4 is 11.4 Å². The summed E-state index contributed by atoms with van der Waals surface area (Å²) >= 11 is 0. The molecule has 4 nitrogen and oxygen atoms in total. The maximum Gasteiger partial charge on any atom is 0.304 e. The molecule has 2 aromatic rings. The van der Waals surface area contributed by atoms with Gasteiger partial charge in [-0.3, -0.25) is 10.1 Å². The van der Waals surface area contributed by atoms with Gasteiger partial charge in [-0.2, -0.15) is 4.39 Å². The largest absolute Gasteiger partial charge is 0.381 e. The lowest BCUT2D eigenvalue weighted by Gasteiger charge is -2.08. The first-order valence-corrected chi connectivity index (χ1v) is 5.69. The fourth-order valence-electron chi connectivity index (χ4n) is 1.66. The van der Waals surface area contributed by atoms with Crippen molar-refractivity contribution in [1.29, 1.82) is 0 Å². The maximum absolute atomic E-state index is 13.4. The lowest BCUT2D eigenvalue weighted by molar-refractivity contribution is -0.387. The Balaban J connectivity index is 2.15. The number of nitro benzene ring substituents is 1. The second kappa shape index (κ2) is 5.78. The molecule has 0 heterocycles. The molecule has 0 saturated heterocycles. The van der Waals surface area contributed by atoms with E-state index in [-0.39, 0.29) is 17.8 Å². The quantitative estimate of drug-likeness (QED) is 0.405. The Labute approximate surface area is 116 Å². The van der Waals surface area contributed by atoms with Crippen molar-refractivity contribution in [3.8, 4) is 0 Å². The van der Waals surface area contributed by atoms with Crippen molar-refractivity contribution in [3.05, 3.63) is 69.3 Å². The van der Waals surface area contributed by atoms with Gasteiger partial charge in [0.05, 0.1) is 4.92 Å². The zero-order valence-corrected chi connectivity index (χ0v) is 10.4. The Morgan fingerprint density at radius 2 is 1.62 bits per heavy atom. The van der Waals surface area contributed by atoms with Crippen molar-refractivity contribution in [2.75, 3.05) is 5.32 Å². The van der Waals surface area contributed by atoms with Gasteiger partial charge in [-0.15, -0.1) is 0 Å². The Bertz CT molecular complexity index is 707. The van der Waals surface area contributed by atoms with Gasteiger partial charge in [-0.05, 0) is 12.1 Å². The highest BCUT2D eigenvalue weighted by molar-refractivity contribution is 5.50. The van der Waals surface area contributed by atoms with Crippen LogP contribution in [0.25, 0.3) is 0 Å². The number of hydrogen-bond donors (Lipinski definition) is 1. The molecule has 0 aliphatic rings. The van der Waals surface area contributed by atoms with Crippen LogP contribution in [-0.4, -0.2) is 4.92 Å².